The minimum Gasteiger partial charge on any atom is -0.467 e. The van der Waals surface area contributed by atoms with Crippen LogP contribution in [0, 0.1) is 18.7 Å². The van der Waals surface area contributed by atoms with Gasteiger partial charge in [0, 0.05) is 19.0 Å². The Bertz CT molecular complexity index is 830. The summed E-state index contributed by atoms with van der Waals surface area (Å²) >= 11 is 0. The fourth-order valence-corrected chi connectivity index (χ4v) is 3.51. The molecule has 1 aromatic heterocycles. The van der Waals surface area contributed by atoms with E-state index in [4.69, 9.17) is 4.42 Å². The quantitative estimate of drug-likeness (QED) is 0.826. The van der Waals surface area contributed by atoms with Gasteiger partial charge in [-0.05, 0) is 49.6 Å². The van der Waals surface area contributed by atoms with Gasteiger partial charge >= 0.3 is 0 Å². The van der Waals surface area contributed by atoms with Crippen LogP contribution in [-0.4, -0.2) is 29.3 Å². The molecule has 1 aromatic carbocycles. The van der Waals surface area contributed by atoms with E-state index < -0.39 is 11.7 Å². The molecule has 0 radical (unpaired) electrons. The van der Waals surface area contributed by atoms with Crippen LogP contribution in [0.3, 0.4) is 0 Å². The monoisotopic (exact) mass is 356 g/mol. The first-order valence-electron chi connectivity index (χ1n) is 8.92. The van der Waals surface area contributed by atoms with Crippen molar-refractivity contribution in [1.82, 2.24) is 4.90 Å². The van der Waals surface area contributed by atoms with Crippen LogP contribution in [0.5, 0.6) is 0 Å². The molecule has 1 aliphatic heterocycles. The molecule has 4 rings (SSSR count). The second-order valence-corrected chi connectivity index (χ2v) is 7.14. The Balaban J connectivity index is 1.51. The lowest BCUT2D eigenvalue weighted by atomic mass is 10.1. The average molecular weight is 356 g/mol. The molecular weight excluding hydrogens is 335 g/mol. The predicted octanol–water partition coefficient (Wildman–Crippen LogP) is 3.27. The van der Waals surface area contributed by atoms with Gasteiger partial charge in [-0.2, -0.15) is 0 Å². The van der Waals surface area contributed by atoms with Crippen LogP contribution in [0.1, 0.15) is 30.6 Å². The fourth-order valence-electron chi connectivity index (χ4n) is 3.51. The van der Waals surface area contributed by atoms with E-state index in [2.05, 4.69) is 0 Å². The van der Waals surface area contributed by atoms with Crippen molar-refractivity contribution in [2.45, 2.75) is 38.8 Å². The third-order valence-electron chi connectivity index (χ3n) is 5.05. The van der Waals surface area contributed by atoms with E-state index in [0.717, 1.165) is 24.2 Å². The highest BCUT2D eigenvalue weighted by atomic mass is 19.1. The summed E-state index contributed by atoms with van der Waals surface area (Å²) in [7, 11) is 0. The number of hydrogen-bond acceptors (Lipinski definition) is 3. The Morgan fingerprint density at radius 3 is 2.81 bits per heavy atom. The number of furan rings is 1. The van der Waals surface area contributed by atoms with Crippen molar-refractivity contribution < 1.29 is 18.4 Å². The van der Waals surface area contributed by atoms with Gasteiger partial charge in [0.2, 0.25) is 11.8 Å². The topological polar surface area (TPSA) is 53.8 Å². The maximum atomic E-state index is 14.3. The van der Waals surface area contributed by atoms with Crippen LogP contribution >= 0.6 is 0 Å². The number of benzene rings is 1. The third-order valence-corrected chi connectivity index (χ3v) is 5.05. The van der Waals surface area contributed by atoms with Crippen molar-refractivity contribution in [3.63, 3.8) is 0 Å². The van der Waals surface area contributed by atoms with E-state index in [1.807, 2.05) is 11.0 Å². The number of carbonyl (C=O) groups is 2. The van der Waals surface area contributed by atoms with Crippen LogP contribution in [0.15, 0.2) is 41.0 Å². The first-order chi connectivity index (χ1) is 12.5. The van der Waals surface area contributed by atoms with Crippen LogP contribution in [0.2, 0.25) is 0 Å². The zero-order chi connectivity index (χ0) is 18.3. The van der Waals surface area contributed by atoms with E-state index in [1.165, 1.54) is 11.0 Å². The van der Waals surface area contributed by atoms with Crippen LogP contribution in [-0.2, 0) is 16.1 Å². The van der Waals surface area contributed by atoms with E-state index in [9.17, 15) is 14.0 Å². The normalized spacial score (nSPS) is 19.8. The minimum atomic E-state index is -0.446. The summed E-state index contributed by atoms with van der Waals surface area (Å²) in [6.07, 6.45) is 3.66. The molecule has 1 saturated heterocycles. The second kappa shape index (κ2) is 6.59. The van der Waals surface area contributed by atoms with Crippen LogP contribution < -0.4 is 4.90 Å². The smallest absolute Gasteiger partial charge is 0.228 e. The summed E-state index contributed by atoms with van der Waals surface area (Å²) in [4.78, 5) is 28.7. The molecule has 2 heterocycles. The van der Waals surface area contributed by atoms with Crippen molar-refractivity contribution >= 4 is 17.5 Å². The molecule has 0 spiro atoms. The highest BCUT2D eigenvalue weighted by Crippen LogP contribution is 2.33. The molecule has 0 N–H and O–H groups in total. The third kappa shape index (κ3) is 3.23. The number of nitrogens with zero attached hydrogens (tertiary/aromatic N) is 2. The second-order valence-electron chi connectivity index (χ2n) is 7.14. The zero-order valence-corrected chi connectivity index (χ0v) is 14.7. The fraction of sp³-hybridized carbons (Fsp3) is 0.400. The van der Waals surface area contributed by atoms with Gasteiger partial charge in [-0.25, -0.2) is 4.39 Å². The number of anilines is 1. The largest absolute Gasteiger partial charge is 0.467 e. The molecule has 26 heavy (non-hydrogen) atoms. The van der Waals surface area contributed by atoms with E-state index in [0.29, 0.717) is 6.54 Å². The molecule has 0 bridgehead atoms. The Kier molecular flexibility index (Phi) is 4.26. The van der Waals surface area contributed by atoms with Crippen molar-refractivity contribution in [1.29, 1.82) is 0 Å². The average Bonchev–Trinajstić information content (AvgIpc) is 3.17. The summed E-state index contributed by atoms with van der Waals surface area (Å²) in [6, 6.07) is 8.64. The maximum Gasteiger partial charge on any atom is 0.228 e. The Hall–Kier alpha value is -2.63. The molecule has 1 aliphatic carbocycles. The Morgan fingerprint density at radius 2 is 2.15 bits per heavy atom. The molecule has 2 aliphatic rings. The minimum absolute atomic E-state index is 0.0488. The first kappa shape index (κ1) is 16.8. The van der Waals surface area contributed by atoms with Gasteiger partial charge in [0.1, 0.15) is 11.6 Å². The Morgan fingerprint density at radius 1 is 1.35 bits per heavy atom. The maximum absolute atomic E-state index is 14.3. The van der Waals surface area contributed by atoms with Crippen molar-refractivity contribution in [2.24, 2.45) is 5.92 Å². The first-order valence-corrected chi connectivity index (χ1v) is 8.92. The van der Waals surface area contributed by atoms with E-state index in [1.54, 1.807) is 31.4 Å². The number of halogens is 1. The van der Waals surface area contributed by atoms with Gasteiger partial charge in [-0.1, -0.05) is 6.07 Å². The number of carbonyl (C=O) groups excluding carboxylic acids is 2. The summed E-state index contributed by atoms with van der Waals surface area (Å²) in [5.41, 5.74) is 1.05. The lowest BCUT2D eigenvalue weighted by Gasteiger charge is -2.25. The standard InChI is InChI=1S/C20H21FN2O3/c1-13-4-7-18(17(21)9-13)23-11-14(10-19(23)24)20(25)22(15-5-6-15)12-16-3-2-8-26-16/h2-4,7-9,14-15H,5-6,10-12H2,1H3. The zero-order valence-electron chi connectivity index (χ0n) is 14.7. The van der Waals surface area contributed by atoms with Crippen molar-refractivity contribution in [3.8, 4) is 0 Å². The van der Waals surface area contributed by atoms with Crippen LogP contribution in [0.4, 0.5) is 10.1 Å². The number of rotatable bonds is 5. The summed E-state index contributed by atoms with van der Waals surface area (Å²) in [5.74, 6) is -0.400. The number of hydrogen-bond donors (Lipinski definition) is 0. The van der Waals surface area contributed by atoms with Crippen molar-refractivity contribution in [3.05, 3.63) is 53.7 Å². The molecule has 2 amide bonds. The van der Waals surface area contributed by atoms with E-state index >= 15 is 0 Å². The summed E-state index contributed by atoms with van der Waals surface area (Å²) in [6.45, 7) is 2.44. The van der Waals surface area contributed by atoms with Gasteiger partial charge in [0.05, 0.1) is 24.4 Å². The summed E-state index contributed by atoms with van der Waals surface area (Å²) in [5, 5.41) is 0. The number of aryl methyl sites for hydroxylation is 1. The molecule has 1 unspecified atom stereocenters. The summed E-state index contributed by atoms with van der Waals surface area (Å²) < 4.78 is 19.6. The lowest BCUT2D eigenvalue weighted by Crippen LogP contribution is -2.38. The van der Waals surface area contributed by atoms with Gasteiger partial charge in [-0.15, -0.1) is 0 Å². The van der Waals surface area contributed by atoms with Gasteiger partial charge in [0.15, 0.2) is 0 Å². The number of amides is 2. The SMILES string of the molecule is Cc1ccc(N2CC(C(=O)N(Cc3ccco3)C3CC3)CC2=O)c(F)c1. The highest BCUT2D eigenvalue weighted by Gasteiger charge is 2.42. The molecule has 2 aromatic rings. The van der Waals surface area contributed by atoms with Crippen molar-refractivity contribution in [2.75, 3.05) is 11.4 Å². The lowest BCUT2D eigenvalue weighted by molar-refractivity contribution is -0.137. The molecule has 1 saturated carbocycles. The highest BCUT2D eigenvalue weighted by molar-refractivity contribution is 6.00. The van der Waals surface area contributed by atoms with Gasteiger partial charge < -0.3 is 14.2 Å². The Labute approximate surface area is 151 Å². The molecular formula is C20H21FN2O3. The molecule has 1 atom stereocenters. The molecule has 136 valence electrons. The van der Waals surface area contributed by atoms with Crippen LogP contribution in [0.25, 0.3) is 0 Å². The predicted molar refractivity (Wildman–Crippen MR) is 93.9 cm³/mol. The molecule has 6 heteroatoms. The molecule has 2 fully saturated rings. The molecule has 5 nitrogen and oxygen atoms in total. The van der Waals surface area contributed by atoms with E-state index in [-0.39, 0.29) is 36.5 Å². The van der Waals surface area contributed by atoms with Gasteiger partial charge in [-0.3, -0.25) is 9.59 Å². The van der Waals surface area contributed by atoms with Gasteiger partial charge in [0.25, 0.3) is 0 Å².